The zero-order valence-electron chi connectivity index (χ0n) is 14.8. The number of hydrogen-bond donors (Lipinski definition) is 2. The SMILES string of the molecule is NCCC(=O)NCC1CCCCN1Cc1cccc2c1OCCCO2. The zero-order valence-corrected chi connectivity index (χ0v) is 14.8. The predicted octanol–water partition coefficient (Wildman–Crippen LogP) is 1.67. The Morgan fingerprint density at radius 3 is 3.00 bits per heavy atom. The number of nitrogens with one attached hydrogen (secondary N) is 1. The Morgan fingerprint density at radius 1 is 1.24 bits per heavy atom. The molecule has 0 spiro atoms. The third-order valence-corrected chi connectivity index (χ3v) is 4.88. The Hall–Kier alpha value is -1.79. The number of benzene rings is 1. The standard InChI is InChI=1S/C19H29N3O3/c20-9-8-18(23)21-13-16-6-1-2-10-22(16)14-15-5-3-7-17-19(15)25-12-4-11-24-17/h3,5,7,16H,1-2,4,6,8-14,20H2,(H,21,23). The van der Waals surface area contributed by atoms with Crippen molar-refractivity contribution in [1.29, 1.82) is 0 Å². The molecule has 1 fully saturated rings. The molecular formula is C19H29N3O3. The van der Waals surface area contributed by atoms with Gasteiger partial charge in [-0.15, -0.1) is 0 Å². The highest BCUT2D eigenvalue weighted by molar-refractivity contribution is 5.76. The van der Waals surface area contributed by atoms with Crippen molar-refractivity contribution < 1.29 is 14.3 Å². The van der Waals surface area contributed by atoms with Gasteiger partial charge in [0.2, 0.25) is 5.91 Å². The molecule has 3 rings (SSSR count). The van der Waals surface area contributed by atoms with Gasteiger partial charge >= 0.3 is 0 Å². The van der Waals surface area contributed by atoms with Crippen molar-refractivity contribution in [3.63, 3.8) is 0 Å². The van der Waals surface area contributed by atoms with Crippen LogP contribution in [-0.4, -0.2) is 49.7 Å². The molecule has 0 aliphatic carbocycles. The first-order valence-electron chi connectivity index (χ1n) is 9.36. The van der Waals surface area contributed by atoms with Crippen LogP contribution in [-0.2, 0) is 11.3 Å². The van der Waals surface area contributed by atoms with Crippen LogP contribution in [0.15, 0.2) is 18.2 Å². The zero-order chi connectivity index (χ0) is 17.5. The first-order valence-corrected chi connectivity index (χ1v) is 9.36. The number of ether oxygens (including phenoxy) is 2. The van der Waals surface area contributed by atoms with Crippen LogP contribution in [0.4, 0.5) is 0 Å². The van der Waals surface area contributed by atoms with E-state index in [1.54, 1.807) is 0 Å². The summed E-state index contributed by atoms with van der Waals surface area (Å²) in [6.45, 7) is 4.35. The summed E-state index contributed by atoms with van der Waals surface area (Å²) in [6, 6.07) is 6.49. The Balaban J connectivity index is 1.66. The Morgan fingerprint density at radius 2 is 2.12 bits per heavy atom. The molecule has 0 aromatic heterocycles. The minimum Gasteiger partial charge on any atom is -0.490 e. The maximum Gasteiger partial charge on any atom is 0.221 e. The molecule has 25 heavy (non-hydrogen) atoms. The van der Waals surface area contributed by atoms with Crippen LogP contribution in [0.25, 0.3) is 0 Å². The number of fused-ring (bicyclic) bond motifs is 1. The summed E-state index contributed by atoms with van der Waals surface area (Å²) < 4.78 is 11.7. The molecule has 0 saturated carbocycles. The third kappa shape index (κ3) is 4.86. The summed E-state index contributed by atoms with van der Waals surface area (Å²) in [7, 11) is 0. The quantitative estimate of drug-likeness (QED) is 0.818. The fourth-order valence-corrected chi connectivity index (χ4v) is 3.55. The van der Waals surface area contributed by atoms with Gasteiger partial charge in [0.1, 0.15) is 0 Å². The van der Waals surface area contributed by atoms with Crippen molar-refractivity contribution in [3.05, 3.63) is 23.8 Å². The monoisotopic (exact) mass is 347 g/mol. The molecule has 1 aromatic carbocycles. The summed E-state index contributed by atoms with van der Waals surface area (Å²) in [5.41, 5.74) is 6.61. The van der Waals surface area contributed by atoms with Crippen LogP contribution in [0, 0.1) is 0 Å². The van der Waals surface area contributed by atoms with Gasteiger partial charge in [0.15, 0.2) is 11.5 Å². The molecule has 6 nitrogen and oxygen atoms in total. The fraction of sp³-hybridized carbons (Fsp3) is 0.632. The van der Waals surface area contributed by atoms with Crippen molar-refractivity contribution in [3.8, 4) is 11.5 Å². The molecule has 1 atom stereocenters. The minimum absolute atomic E-state index is 0.0401. The molecule has 2 aliphatic heterocycles. The lowest BCUT2D eigenvalue weighted by molar-refractivity contribution is -0.121. The van der Waals surface area contributed by atoms with Gasteiger partial charge in [0, 0.05) is 44.1 Å². The number of nitrogens with two attached hydrogens (primary N) is 1. The maximum atomic E-state index is 11.7. The van der Waals surface area contributed by atoms with E-state index in [1.807, 2.05) is 12.1 Å². The van der Waals surface area contributed by atoms with E-state index in [-0.39, 0.29) is 5.91 Å². The van der Waals surface area contributed by atoms with Crippen LogP contribution in [0.2, 0.25) is 0 Å². The average Bonchev–Trinajstić information content (AvgIpc) is 2.87. The van der Waals surface area contributed by atoms with Crippen LogP contribution in [0.3, 0.4) is 0 Å². The number of piperidine rings is 1. The average molecular weight is 347 g/mol. The number of amides is 1. The van der Waals surface area contributed by atoms with E-state index in [2.05, 4.69) is 16.3 Å². The van der Waals surface area contributed by atoms with Crippen molar-refractivity contribution in [1.82, 2.24) is 10.2 Å². The van der Waals surface area contributed by atoms with E-state index < -0.39 is 0 Å². The Kier molecular flexibility index (Phi) is 6.53. The Labute approximate surface area is 149 Å². The lowest BCUT2D eigenvalue weighted by Crippen LogP contribution is -2.46. The first kappa shape index (κ1) is 18.0. The number of para-hydroxylation sites is 1. The van der Waals surface area contributed by atoms with Gasteiger partial charge in [0.05, 0.1) is 13.2 Å². The van der Waals surface area contributed by atoms with Gasteiger partial charge in [0.25, 0.3) is 0 Å². The summed E-state index contributed by atoms with van der Waals surface area (Å²) >= 11 is 0. The smallest absolute Gasteiger partial charge is 0.221 e. The number of carbonyl (C=O) groups excluding carboxylic acids is 1. The maximum absolute atomic E-state index is 11.7. The molecule has 1 aromatic rings. The normalized spacial score (nSPS) is 20.8. The van der Waals surface area contributed by atoms with Crippen LogP contribution in [0.1, 0.15) is 37.7 Å². The molecule has 2 heterocycles. The highest BCUT2D eigenvalue weighted by Gasteiger charge is 2.25. The minimum atomic E-state index is 0.0401. The summed E-state index contributed by atoms with van der Waals surface area (Å²) in [4.78, 5) is 14.2. The van der Waals surface area contributed by atoms with Gasteiger partial charge in [-0.3, -0.25) is 9.69 Å². The molecular weight excluding hydrogens is 318 g/mol. The van der Waals surface area contributed by atoms with Gasteiger partial charge in [-0.05, 0) is 25.5 Å². The molecule has 0 radical (unpaired) electrons. The number of nitrogens with zero attached hydrogens (tertiary/aromatic N) is 1. The summed E-state index contributed by atoms with van der Waals surface area (Å²) in [6.07, 6.45) is 4.81. The number of likely N-dealkylation sites (tertiary alicyclic amines) is 1. The predicted molar refractivity (Wildman–Crippen MR) is 96.8 cm³/mol. The second kappa shape index (κ2) is 9.06. The van der Waals surface area contributed by atoms with Gasteiger partial charge < -0.3 is 20.5 Å². The van der Waals surface area contributed by atoms with E-state index >= 15 is 0 Å². The van der Waals surface area contributed by atoms with Crippen molar-refractivity contribution >= 4 is 5.91 Å². The molecule has 3 N–H and O–H groups in total. The highest BCUT2D eigenvalue weighted by atomic mass is 16.5. The number of rotatable bonds is 6. The second-order valence-electron chi connectivity index (χ2n) is 6.76. The molecule has 138 valence electrons. The second-order valence-corrected chi connectivity index (χ2v) is 6.76. The lowest BCUT2D eigenvalue weighted by atomic mass is 10.0. The summed E-state index contributed by atoms with van der Waals surface area (Å²) in [5.74, 6) is 1.77. The van der Waals surface area contributed by atoms with Crippen LogP contribution >= 0.6 is 0 Å². The van der Waals surface area contributed by atoms with E-state index in [0.29, 0.717) is 38.8 Å². The van der Waals surface area contributed by atoms with E-state index in [9.17, 15) is 4.79 Å². The number of hydrogen-bond acceptors (Lipinski definition) is 5. The van der Waals surface area contributed by atoms with E-state index in [1.165, 1.54) is 18.4 Å². The molecule has 1 saturated heterocycles. The summed E-state index contributed by atoms with van der Waals surface area (Å²) in [5, 5.41) is 3.02. The van der Waals surface area contributed by atoms with Gasteiger partial charge in [-0.2, -0.15) is 0 Å². The van der Waals surface area contributed by atoms with Crippen LogP contribution in [0.5, 0.6) is 11.5 Å². The molecule has 1 amide bonds. The van der Waals surface area contributed by atoms with E-state index in [0.717, 1.165) is 37.4 Å². The first-order chi connectivity index (χ1) is 12.3. The van der Waals surface area contributed by atoms with Gasteiger partial charge in [-0.1, -0.05) is 18.6 Å². The van der Waals surface area contributed by atoms with E-state index in [4.69, 9.17) is 15.2 Å². The van der Waals surface area contributed by atoms with Crippen molar-refractivity contribution in [2.24, 2.45) is 5.73 Å². The highest BCUT2D eigenvalue weighted by Crippen LogP contribution is 2.34. The number of carbonyl (C=O) groups is 1. The Bertz CT molecular complexity index is 579. The molecule has 0 bridgehead atoms. The molecule has 2 aliphatic rings. The van der Waals surface area contributed by atoms with Gasteiger partial charge in [-0.25, -0.2) is 0 Å². The molecule has 6 heteroatoms. The third-order valence-electron chi connectivity index (χ3n) is 4.88. The lowest BCUT2D eigenvalue weighted by Gasteiger charge is -2.36. The van der Waals surface area contributed by atoms with Crippen LogP contribution < -0.4 is 20.5 Å². The largest absolute Gasteiger partial charge is 0.490 e. The van der Waals surface area contributed by atoms with Crippen molar-refractivity contribution in [2.75, 3.05) is 32.8 Å². The molecule has 1 unspecified atom stereocenters. The topological polar surface area (TPSA) is 76.8 Å². The van der Waals surface area contributed by atoms with Crippen molar-refractivity contribution in [2.45, 2.75) is 44.7 Å². The fourth-order valence-electron chi connectivity index (χ4n) is 3.55.